The molecule has 4 heterocycles. The third kappa shape index (κ3) is 4.58. The molecule has 8 nitrogen and oxygen atoms in total. The Labute approximate surface area is 216 Å². The third-order valence-electron chi connectivity index (χ3n) is 5.72. The summed E-state index contributed by atoms with van der Waals surface area (Å²) >= 11 is 1.49. The van der Waals surface area contributed by atoms with E-state index in [0.717, 1.165) is 38.8 Å². The summed E-state index contributed by atoms with van der Waals surface area (Å²) in [5.41, 5.74) is 5.46. The summed E-state index contributed by atoms with van der Waals surface area (Å²) in [6, 6.07) is 17.1. The molecule has 2 aromatic carbocycles. The number of nitrogens with zero attached hydrogens (tertiary/aromatic N) is 4. The van der Waals surface area contributed by atoms with Crippen LogP contribution in [0.4, 0.5) is 10.8 Å². The maximum atomic E-state index is 6.18. The number of fused-ring (bicyclic) bond motifs is 2. The van der Waals surface area contributed by atoms with Gasteiger partial charge >= 0.3 is 0 Å². The molecule has 4 aromatic heterocycles. The maximum Gasteiger partial charge on any atom is 0.187 e. The normalized spacial score (nSPS) is 11.1. The number of aromatic nitrogens is 4. The summed E-state index contributed by atoms with van der Waals surface area (Å²) < 4.78 is 19.5. The number of benzene rings is 2. The van der Waals surface area contributed by atoms with E-state index in [-0.39, 0.29) is 6.61 Å². The lowest BCUT2D eigenvalue weighted by Gasteiger charge is -2.08. The summed E-state index contributed by atoms with van der Waals surface area (Å²) in [5.74, 6) is 4.52. The topological polar surface area (TPSA) is 86.7 Å². The lowest BCUT2D eigenvalue weighted by Crippen LogP contribution is -1.97. The van der Waals surface area contributed by atoms with Gasteiger partial charge in [-0.15, -0.1) is 17.8 Å². The lowest BCUT2D eigenvalue weighted by molar-refractivity contribution is 0.303. The van der Waals surface area contributed by atoms with Gasteiger partial charge in [0.2, 0.25) is 0 Å². The zero-order valence-electron chi connectivity index (χ0n) is 20.1. The number of hydrogen-bond acceptors (Lipinski definition) is 8. The molecule has 1 N–H and O–H groups in total. The van der Waals surface area contributed by atoms with Gasteiger partial charge in [-0.1, -0.05) is 12.0 Å². The molecule has 182 valence electrons. The van der Waals surface area contributed by atoms with Crippen molar-refractivity contribution >= 4 is 38.8 Å². The van der Waals surface area contributed by atoms with Crippen LogP contribution in [0.25, 0.3) is 28.1 Å². The van der Waals surface area contributed by atoms with Crippen molar-refractivity contribution in [3.05, 3.63) is 83.1 Å². The predicted molar refractivity (Wildman–Crippen MR) is 144 cm³/mol. The molecule has 0 saturated heterocycles. The first-order valence-corrected chi connectivity index (χ1v) is 12.3. The number of anilines is 2. The Morgan fingerprint density at radius 3 is 2.92 bits per heavy atom. The Kier molecular flexibility index (Phi) is 5.71. The number of imidazole rings is 1. The zero-order valence-corrected chi connectivity index (χ0v) is 20.9. The van der Waals surface area contributed by atoms with E-state index in [9.17, 15) is 0 Å². The van der Waals surface area contributed by atoms with Crippen LogP contribution < -0.4 is 14.8 Å². The summed E-state index contributed by atoms with van der Waals surface area (Å²) in [5, 5.41) is 11.3. The fourth-order valence-electron chi connectivity index (χ4n) is 3.94. The van der Waals surface area contributed by atoms with Crippen molar-refractivity contribution in [2.45, 2.75) is 13.5 Å². The Balaban J connectivity index is 1.25. The molecule has 0 aliphatic heterocycles. The molecule has 0 saturated carbocycles. The standard InChI is InChI=1S/C28H21N5O3S/c1-4-18-6-5-7-19(10-18)29-28-30-20(16-37-28)15-35-24-11-21(34-3)12-25-22(24)13-26(36-25)23-14-33-27(31-23)9-8-17(2)32-33/h1,5-14,16H,15H2,2-3H3,(H,29,30). The van der Waals surface area contributed by atoms with Crippen molar-refractivity contribution in [3.63, 3.8) is 0 Å². The molecule has 0 spiro atoms. The number of nitrogens with one attached hydrogen (secondary N) is 1. The van der Waals surface area contributed by atoms with E-state index in [4.69, 9.17) is 20.3 Å². The van der Waals surface area contributed by atoms with Crippen molar-refractivity contribution < 1.29 is 13.9 Å². The Hall–Kier alpha value is -4.81. The van der Waals surface area contributed by atoms with E-state index in [1.807, 2.05) is 73.1 Å². The average Bonchev–Trinajstić information content (AvgIpc) is 3.65. The first kappa shape index (κ1) is 22.6. The molecular formula is C28H21N5O3S. The third-order valence-corrected chi connectivity index (χ3v) is 6.53. The maximum absolute atomic E-state index is 6.18. The highest BCUT2D eigenvalue weighted by Crippen LogP contribution is 2.37. The number of methoxy groups -OCH3 is 1. The van der Waals surface area contributed by atoms with Crippen molar-refractivity contribution in [1.29, 1.82) is 0 Å². The van der Waals surface area contributed by atoms with Crippen LogP contribution in [-0.4, -0.2) is 26.7 Å². The van der Waals surface area contributed by atoms with Crippen molar-refractivity contribution in [2.24, 2.45) is 0 Å². The number of terminal acetylenes is 1. The van der Waals surface area contributed by atoms with Crippen LogP contribution in [0.3, 0.4) is 0 Å². The van der Waals surface area contributed by atoms with Gasteiger partial charge in [-0.3, -0.25) is 0 Å². The van der Waals surface area contributed by atoms with Gasteiger partial charge in [0.1, 0.15) is 29.4 Å². The SMILES string of the molecule is C#Cc1cccc(Nc2nc(COc3cc(OC)cc4oc(-c5cn6nc(C)ccc6n5)cc34)cs2)c1. The molecule has 0 unspecified atom stereocenters. The van der Waals surface area contributed by atoms with Crippen molar-refractivity contribution in [3.8, 4) is 35.3 Å². The minimum absolute atomic E-state index is 0.281. The van der Waals surface area contributed by atoms with E-state index < -0.39 is 0 Å². The fraction of sp³-hybridized carbons (Fsp3) is 0.107. The van der Waals surface area contributed by atoms with Crippen LogP contribution >= 0.6 is 11.3 Å². The van der Waals surface area contributed by atoms with Crippen LogP contribution in [0.1, 0.15) is 17.0 Å². The Morgan fingerprint density at radius 2 is 2.05 bits per heavy atom. The van der Waals surface area contributed by atoms with Crippen LogP contribution in [0.2, 0.25) is 0 Å². The van der Waals surface area contributed by atoms with E-state index in [2.05, 4.69) is 26.3 Å². The molecular weight excluding hydrogens is 486 g/mol. The second-order valence-corrected chi connectivity index (χ2v) is 9.19. The number of rotatable bonds is 7. The smallest absolute Gasteiger partial charge is 0.187 e. The zero-order chi connectivity index (χ0) is 25.4. The molecule has 6 aromatic rings. The minimum atomic E-state index is 0.281. The number of furan rings is 1. The van der Waals surface area contributed by atoms with Crippen LogP contribution in [-0.2, 0) is 6.61 Å². The quantitative estimate of drug-likeness (QED) is 0.257. The van der Waals surface area contributed by atoms with Crippen LogP contribution in [0, 0.1) is 19.3 Å². The Bertz CT molecular complexity index is 1790. The van der Waals surface area contributed by atoms with E-state index in [0.29, 0.717) is 28.5 Å². The molecule has 0 aliphatic carbocycles. The van der Waals surface area contributed by atoms with Gasteiger partial charge in [0.15, 0.2) is 16.5 Å². The summed E-state index contributed by atoms with van der Waals surface area (Å²) in [6.07, 6.45) is 7.35. The molecule has 6 rings (SSSR count). The average molecular weight is 508 g/mol. The highest BCUT2D eigenvalue weighted by molar-refractivity contribution is 7.13. The van der Waals surface area contributed by atoms with Crippen molar-refractivity contribution in [2.75, 3.05) is 12.4 Å². The molecule has 0 atom stereocenters. The summed E-state index contributed by atoms with van der Waals surface area (Å²) in [4.78, 5) is 9.28. The number of ether oxygens (including phenoxy) is 2. The number of aryl methyl sites for hydroxylation is 1. The minimum Gasteiger partial charge on any atom is -0.496 e. The van der Waals surface area contributed by atoms with Crippen molar-refractivity contribution in [1.82, 2.24) is 19.6 Å². The van der Waals surface area contributed by atoms with Gasteiger partial charge in [0, 0.05) is 28.8 Å². The molecule has 9 heteroatoms. The van der Waals surface area contributed by atoms with Gasteiger partial charge in [0.25, 0.3) is 0 Å². The van der Waals surface area contributed by atoms with E-state index in [1.54, 1.807) is 11.6 Å². The highest BCUT2D eigenvalue weighted by Gasteiger charge is 2.16. The molecule has 0 amide bonds. The summed E-state index contributed by atoms with van der Waals surface area (Å²) in [6.45, 7) is 2.22. The lowest BCUT2D eigenvalue weighted by atomic mass is 10.2. The van der Waals surface area contributed by atoms with E-state index in [1.165, 1.54) is 11.3 Å². The first-order valence-electron chi connectivity index (χ1n) is 11.4. The second kappa shape index (κ2) is 9.33. The van der Waals surface area contributed by atoms with E-state index >= 15 is 0 Å². The Morgan fingerprint density at radius 1 is 1.14 bits per heavy atom. The van der Waals surface area contributed by atoms with Gasteiger partial charge in [-0.05, 0) is 43.3 Å². The number of hydrogen-bond donors (Lipinski definition) is 1. The molecule has 0 aliphatic rings. The van der Waals surface area contributed by atoms with Crippen LogP contribution in [0.15, 0.2) is 70.6 Å². The van der Waals surface area contributed by atoms with Crippen LogP contribution in [0.5, 0.6) is 11.5 Å². The molecule has 0 bridgehead atoms. The second-order valence-electron chi connectivity index (χ2n) is 8.33. The first-order chi connectivity index (χ1) is 18.1. The highest BCUT2D eigenvalue weighted by atomic mass is 32.1. The summed E-state index contributed by atoms with van der Waals surface area (Å²) in [7, 11) is 1.61. The molecule has 37 heavy (non-hydrogen) atoms. The van der Waals surface area contributed by atoms with Gasteiger partial charge in [0.05, 0.1) is 30.1 Å². The largest absolute Gasteiger partial charge is 0.496 e. The molecule has 0 fully saturated rings. The van der Waals surface area contributed by atoms with Gasteiger partial charge in [-0.25, -0.2) is 14.5 Å². The predicted octanol–water partition coefficient (Wildman–Crippen LogP) is 6.22. The molecule has 0 radical (unpaired) electrons. The van der Waals surface area contributed by atoms with Gasteiger partial charge < -0.3 is 19.2 Å². The fourth-order valence-corrected chi connectivity index (χ4v) is 4.65. The monoisotopic (exact) mass is 507 g/mol. The number of thiazole rings is 1. The van der Waals surface area contributed by atoms with Gasteiger partial charge in [-0.2, -0.15) is 5.10 Å².